The van der Waals surface area contributed by atoms with Crippen molar-refractivity contribution in [3.05, 3.63) is 29.6 Å². The molecule has 1 aromatic carbocycles. The van der Waals surface area contributed by atoms with Gasteiger partial charge in [0.2, 0.25) is 0 Å². The number of halogens is 5. The molecule has 0 aromatic heterocycles. The lowest BCUT2D eigenvalue weighted by Gasteiger charge is -2.35. The number of ketones is 1. The third-order valence-corrected chi connectivity index (χ3v) is 3.44. The highest BCUT2D eigenvalue weighted by molar-refractivity contribution is 5.93. The standard InChI is InChI=1S/C13H13F4NO3.ClH/c14-9-4-3-7(21-13(15,16)17)6-8(9)12(18)5-1-2-10(19)11(12)20;/h3-4,6,10,19H,1-2,5,18H2;1H. The van der Waals surface area contributed by atoms with Gasteiger partial charge in [-0.2, -0.15) is 0 Å². The summed E-state index contributed by atoms with van der Waals surface area (Å²) < 4.78 is 54.2. The second kappa shape index (κ2) is 6.39. The van der Waals surface area contributed by atoms with Crippen LogP contribution in [-0.4, -0.2) is 23.4 Å². The Hall–Kier alpha value is -1.38. The maximum absolute atomic E-state index is 13.9. The summed E-state index contributed by atoms with van der Waals surface area (Å²) in [5.74, 6) is -2.40. The Morgan fingerprint density at radius 1 is 1.36 bits per heavy atom. The number of nitrogens with two attached hydrogens (primary N) is 1. The number of aliphatic hydroxyl groups excluding tert-OH is 1. The maximum atomic E-state index is 13.9. The number of ether oxygens (including phenoxy) is 1. The van der Waals surface area contributed by atoms with Crippen molar-refractivity contribution >= 4 is 18.2 Å². The molecule has 0 aliphatic heterocycles. The van der Waals surface area contributed by atoms with E-state index in [9.17, 15) is 27.5 Å². The minimum atomic E-state index is -4.94. The van der Waals surface area contributed by atoms with Gasteiger partial charge in [0.15, 0.2) is 5.78 Å². The molecule has 9 heteroatoms. The van der Waals surface area contributed by atoms with Crippen LogP contribution in [0.15, 0.2) is 18.2 Å². The molecule has 2 atom stereocenters. The molecule has 2 rings (SSSR count). The molecule has 1 aromatic rings. The molecule has 1 aliphatic carbocycles. The van der Waals surface area contributed by atoms with Gasteiger partial charge in [0, 0.05) is 5.56 Å². The number of rotatable bonds is 2. The highest BCUT2D eigenvalue weighted by atomic mass is 35.5. The van der Waals surface area contributed by atoms with Gasteiger partial charge in [-0.25, -0.2) is 4.39 Å². The van der Waals surface area contributed by atoms with Crippen LogP contribution in [0, 0.1) is 5.82 Å². The Labute approximate surface area is 129 Å². The van der Waals surface area contributed by atoms with Gasteiger partial charge in [0.05, 0.1) is 0 Å². The number of benzene rings is 1. The van der Waals surface area contributed by atoms with Crippen molar-refractivity contribution in [1.82, 2.24) is 0 Å². The number of carbonyl (C=O) groups excluding carboxylic acids is 1. The molecule has 0 radical (unpaired) electrons. The first-order chi connectivity index (χ1) is 9.63. The molecule has 4 nitrogen and oxygen atoms in total. The van der Waals surface area contributed by atoms with Crippen molar-refractivity contribution in [1.29, 1.82) is 0 Å². The fraction of sp³-hybridized carbons (Fsp3) is 0.462. The van der Waals surface area contributed by atoms with E-state index in [-0.39, 0.29) is 25.2 Å². The lowest BCUT2D eigenvalue weighted by molar-refractivity contribution is -0.274. The lowest BCUT2D eigenvalue weighted by atomic mass is 9.75. The van der Waals surface area contributed by atoms with E-state index in [2.05, 4.69) is 4.74 Å². The third kappa shape index (κ3) is 3.68. The number of Topliss-reactive ketones (excluding diaryl/α,β-unsaturated/α-hetero) is 1. The fourth-order valence-corrected chi connectivity index (χ4v) is 2.44. The molecule has 22 heavy (non-hydrogen) atoms. The zero-order chi connectivity index (χ0) is 15.8. The molecule has 0 saturated heterocycles. The molecule has 0 bridgehead atoms. The van der Waals surface area contributed by atoms with Crippen LogP contribution >= 0.6 is 12.4 Å². The summed E-state index contributed by atoms with van der Waals surface area (Å²) in [5, 5.41) is 9.56. The maximum Gasteiger partial charge on any atom is 0.573 e. The highest BCUT2D eigenvalue weighted by Crippen LogP contribution is 2.36. The van der Waals surface area contributed by atoms with Crippen molar-refractivity contribution < 1.29 is 32.2 Å². The number of hydrogen-bond acceptors (Lipinski definition) is 4. The fourth-order valence-electron chi connectivity index (χ4n) is 2.44. The Morgan fingerprint density at radius 3 is 2.59 bits per heavy atom. The second-order valence-electron chi connectivity index (χ2n) is 4.93. The summed E-state index contributed by atoms with van der Waals surface area (Å²) in [6, 6.07) is 2.29. The zero-order valence-corrected chi connectivity index (χ0v) is 12.0. The number of carbonyl (C=O) groups is 1. The van der Waals surface area contributed by atoms with E-state index < -0.39 is 40.9 Å². The van der Waals surface area contributed by atoms with Crippen LogP contribution in [0.1, 0.15) is 24.8 Å². The SMILES string of the molecule is Cl.NC1(c2cc(OC(F)(F)F)ccc2F)CCCC(O)C1=O. The topological polar surface area (TPSA) is 72.6 Å². The van der Waals surface area contributed by atoms with Gasteiger partial charge in [-0.05, 0) is 37.5 Å². The van der Waals surface area contributed by atoms with Crippen LogP contribution in [0.4, 0.5) is 17.6 Å². The molecule has 2 unspecified atom stereocenters. The molecular weight excluding hydrogens is 330 g/mol. The number of alkyl halides is 3. The minimum absolute atomic E-state index is 0. The predicted molar refractivity (Wildman–Crippen MR) is 71.1 cm³/mol. The quantitative estimate of drug-likeness (QED) is 0.809. The summed E-state index contributed by atoms with van der Waals surface area (Å²) in [6.07, 6.45) is -5.71. The van der Waals surface area contributed by atoms with Gasteiger partial charge in [-0.15, -0.1) is 25.6 Å². The predicted octanol–water partition coefficient (Wildman–Crippen LogP) is 2.41. The Bertz CT molecular complexity index is 567. The monoisotopic (exact) mass is 343 g/mol. The molecule has 0 spiro atoms. The van der Waals surface area contributed by atoms with Crippen molar-refractivity contribution in [2.45, 2.75) is 37.3 Å². The average molecular weight is 344 g/mol. The minimum Gasteiger partial charge on any atom is -0.406 e. The molecule has 1 aliphatic rings. The van der Waals surface area contributed by atoms with Gasteiger partial charge in [-0.3, -0.25) is 4.79 Å². The first-order valence-electron chi connectivity index (χ1n) is 6.20. The van der Waals surface area contributed by atoms with Crippen molar-refractivity contribution in [3.63, 3.8) is 0 Å². The van der Waals surface area contributed by atoms with Gasteiger partial charge in [-0.1, -0.05) is 0 Å². The van der Waals surface area contributed by atoms with E-state index in [1.54, 1.807) is 0 Å². The van der Waals surface area contributed by atoms with Crippen molar-refractivity contribution in [2.75, 3.05) is 0 Å². The Kier molecular flexibility index (Phi) is 5.42. The Balaban J connectivity index is 0.00000242. The van der Waals surface area contributed by atoms with Crippen molar-refractivity contribution in [2.24, 2.45) is 5.73 Å². The number of hydrogen-bond donors (Lipinski definition) is 2. The highest BCUT2D eigenvalue weighted by Gasteiger charge is 2.44. The third-order valence-electron chi connectivity index (χ3n) is 3.44. The zero-order valence-electron chi connectivity index (χ0n) is 11.2. The molecule has 1 fully saturated rings. The van der Waals surface area contributed by atoms with Crippen molar-refractivity contribution in [3.8, 4) is 5.75 Å². The Morgan fingerprint density at radius 2 is 2.00 bits per heavy atom. The van der Waals surface area contributed by atoms with Crippen LogP contribution in [0.5, 0.6) is 5.75 Å². The van der Waals surface area contributed by atoms with E-state index >= 15 is 0 Å². The molecule has 1 saturated carbocycles. The van der Waals surface area contributed by atoms with Crippen LogP contribution in [-0.2, 0) is 10.3 Å². The van der Waals surface area contributed by atoms with E-state index in [4.69, 9.17) is 5.73 Å². The average Bonchev–Trinajstić information content (AvgIpc) is 2.36. The normalized spacial score (nSPS) is 25.5. The summed E-state index contributed by atoms with van der Waals surface area (Å²) in [7, 11) is 0. The van der Waals surface area contributed by atoms with E-state index in [1.165, 1.54) is 0 Å². The van der Waals surface area contributed by atoms with Crippen LogP contribution in [0.25, 0.3) is 0 Å². The summed E-state index contributed by atoms with van der Waals surface area (Å²) >= 11 is 0. The van der Waals surface area contributed by atoms with E-state index in [0.717, 1.165) is 18.2 Å². The molecule has 0 amide bonds. The largest absolute Gasteiger partial charge is 0.573 e. The van der Waals surface area contributed by atoms with Gasteiger partial charge in [0.1, 0.15) is 23.2 Å². The molecule has 0 heterocycles. The first-order valence-corrected chi connectivity index (χ1v) is 6.20. The number of aliphatic hydroxyl groups is 1. The lowest BCUT2D eigenvalue weighted by Crippen LogP contribution is -2.53. The summed E-state index contributed by atoms with van der Waals surface area (Å²) in [5.41, 5.74) is 3.60. The molecular formula is C13H14ClF4NO3. The summed E-state index contributed by atoms with van der Waals surface area (Å²) in [4.78, 5) is 12.0. The molecule has 124 valence electrons. The van der Waals surface area contributed by atoms with Crippen LogP contribution in [0.3, 0.4) is 0 Å². The van der Waals surface area contributed by atoms with E-state index in [0.29, 0.717) is 6.42 Å². The first kappa shape index (κ1) is 18.7. The second-order valence-corrected chi connectivity index (χ2v) is 4.93. The van der Waals surface area contributed by atoms with Gasteiger partial charge in [0.25, 0.3) is 0 Å². The van der Waals surface area contributed by atoms with E-state index in [1.807, 2.05) is 0 Å². The van der Waals surface area contributed by atoms with Gasteiger partial charge >= 0.3 is 6.36 Å². The smallest absolute Gasteiger partial charge is 0.406 e. The van der Waals surface area contributed by atoms with Crippen LogP contribution in [0.2, 0.25) is 0 Å². The van der Waals surface area contributed by atoms with Crippen LogP contribution < -0.4 is 10.5 Å². The summed E-state index contributed by atoms with van der Waals surface area (Å²) in [6.45, 7) is 0. The molecule has 3 N–H and O–H groups in total. The van der Waals surface area contributed by atoms with Gasteiger partial charge < -0.3 is 15.6 Å².